The van der Waals surface area contributed by atoms with Gasteiger partial charge in [-0.3, -0.25) is 4.79 Å². The number of rotatable bonds is 5. The lowest BCUT2D eigenvalue weighted by Crippen LogP contribution is -2.50. The van der Waals surface area contributed by atoms with Crippen LogP contribution in [0.1, 0.15) is 44.9 Å². The quantitative estimate of drug-likeness (QED) is 0.698. The third-order valence-corrected chi connectivity index (χ3v) is 3.97. The fraction of sp³-hybridized carbons (Fsp3) is 0.923. The molecule has 0 aromatic rings. The van der Waals surface area contributed by atoms with Gasteiger partial charge in [0, 0.05) is 19.6 Å². The second-order valence-electron chi connectivity index (χ2n) is 5.29. The molecule has 3 nitrogen and oxygen atoms in total. The van der Waals surface area contributed by atoms with Crippen LogP contribution in [-0.2, 0) is 4.79 Å². The van der Waals surface area contributed by atoms with Crippen molar-refractivity contribution in [3.05, 3.63) is 0 Å². The summed E-state index contributed by atoms with van der Waals surface area (Å²) < 4.78 is 0. The van der Waals surface area contributed by atoms with Gasteiger partial charge in [0.05, 0.1) is 5.92 Å². The number of carbonyl (C=O) groups excluding carboxylic acids is 1. The Morgan fingerprint density at radius 2 is 1.94 bits per heavy atom. The van der Waals surface area contributed by atoms with E-state index in [0.29, 0.717) is 0 Å². The molecule has 0 atom stereocenters. The van der Waals surface area contributed by atoms with Crippen molar-refractivity contribution >= 4 is 5.91 Å². The average molecular weight is 224 g/mol. The van der Waals surface area contributed by atoms with Crippen LogP contribution in [0.4, 0.5) is 0 Å². The molecule has 0 aromatic carbocycles. The molecule has 3 heteroatoms. The Balaban J connectivity index is 1.49. The zero-order chi connectivity index (χ0) is 11.2. The molecule has 92 valence electrons. The predicted molar refractivity (Wildman–Crippen MR) is 65.2 cm³/mol. The molecule has 1 heterocycles. The molecule has 1 amide bonds. The van der Waals surface area contributed by atoms with E-state index < -0.39 is 0 Å². The summed E-state index contributed by atoms with van der Waals surface area (Å²) in [7, 11) is 0. The predicted octanol–water partition coefficient (Wildman–Crippen LogP) is 1.68. The summed E-state index contributed by atoms with van der Waals surface area (Å²) >= 11 is 0. The van der Waals surface area contributed by atoms with Gasteiger partial charge in [-0.25, -0.2) is 0 Å². The fourth-order valence-electron chi connectivity index (χ4n) is 2.70. The van der Waals surface area contributed by atoms with Gasteiger partial charge in [0.1, 0.15) is 0 Å². The van der Waals surface area contributed by atoms with E-state index in [4.69, 9.17) is 0 Å². The van der Waals surface area contributed by atoms with E-state index in [1.807, 2.05) is 0 Å². The standard InChI is InChI=1S/C13H24N2O/c16-13(12-9-14-10-12)15-8-4-7-11-5-2-1-3-6-11/h11-12,14H,1-10H2,(H,15,16). The van der Waals surface area contributed by atoms with Crippen molar-refractivity contribution in [2.24, 2.45) is 11.8 Å². The summed E-state index contributed by atoms with van der Waals surface area (Å²) in [5, 5.41) is 6.17. The summed E-state index contributed by atoms with van der Waals surface area (Å²) in [4.78, 5) is 11.5. The summed E-state index contributed by atoms with van der Waals surface area (Å²) in [6.45, 7) is 2.62. The highest BCUT2D eigenvalue weighted by atomic mass is 16.2. The summed E-state index contributed by atoms with van der Waals surface area (Å²) in [5.41, 5.74) is 0. The molecule has 0 spiro atoms. The van der Waals surface area contributed by atoms with Crippen LogP contribution in [0.3, 0.4) is 0 Å². The Bertz CT molecular complexity index is 220. The van der Waals surface area contributed by atoms with Gasteiger partial charge in [-0.2, -0.15) is 0 Å². The third-order valence-electron chi connectivity index (χ3n) is 3.97. The van der Waals surface area contributed by atoms with Gasteiger partial charge in [0.15, 0.2) is 0 Å². The van der Waals surface area contributed by atoms with Crippen molar-refractivity contribution in [3.8, 4) is 0 Å². The Morgan fingerprint density at radius 1 is 1.19 bits per heavy atom. The number of amides is 1. The molecule has 1 aliphatic carbocycles. The van der Waals surface area contributed by atoms with E-state index in [2.05, 4.69) is 10.6 Å². The summed E-state index contributed by atoms with van der Waals surface area (Å²) in [6, 6.07) is 0. The van der Waals surface area contributed by atoms with Crippen LogP contribution in [0.5, 0.6) is 0 Å². The molecular weight excluding hydrogens is 200 g/mol. The van der Waals surface area contributed by atoms with Crippen LogP contribution in [0.15, 0.2) is 0 Å². The van der Waals surface area contributed by atoms with Crippen molar-refractivity contribution in [2.75, 3.05) is 19.6 Å². The van der Waals surface area contributed by atoms with E-state index >= 15 is 0 Å². The molecular formula is C13H24N2O. The van der Waals surface area contributed by atoms with Gasteiger partial charge in [-0.1, -0.05) is 32.1 Å². The largest absolute Gasteiger partial charge is 0.356 e. The van der Waals surface area contributed by atoms with E-state index in [1.165, 1.54) is 38.5 Å². The molecule has 1 aliphatic heterocycles. The second-order valence-corrected chi connectivity index (χ2v) is 5.29. The molecule has 0 radical (unpaired) electrons. The number of nitrogens with one attached hydrogen (secondary N) is 2. The first kappa shape index (κ1) is 11.9. The minimum Gasteiger partial charge on any atom is -0.356 e. The highest BCUT2D eigenvalue weighted by Gasteiger charge is 2.24. The van der Waals surface area contributed by atoms with E-state index in [-0.39, 0.29) is 11.8 Å². The first-order valence-electron chi connectivity index (χ1n) is 6.84. The first-order chi connectivity index (χ1) is 7.86. The highest BCUT2D eigenvalue weighted by molar-refractivity contribution is 5.79. The van der Waals surface area contributed by atoms with Crippen LogP contribution >= 0.6 is 0 Å². The molecule has 0 aromatic heterocycles. The van der Waals surface area contributed by atoms with Gasteiger partial charge in [-0.15, -0.1) is 0 Å². The minimum atomic E-state index is 0.245. The van der Waals surface area contributed by atoms with Crippen molar-refractivity contribution in [3.63, 3.8) is 0 Å². The highest BCUT2D eigenvalue weighted by Crippen LogP contribution is 2.26. The van der Waals surface area contributed by atoms with Gasteiger partial charge in [0.2, 0.25) is 5.91 Å². The second kappa shape index (κ2) is 6.24. The van der Waals surface area contributed by atoms with Crippen molar-refractivity contribution in [1.82, 2.24) is 10.6 Å². The van der Waals surface area contributed by atoms with Crippen LogP contribution < -0.4 is 10.6 Å². The number of hydrogen-bond acceptors (Lipinski definition) is 2. The zero-order valence-electron chi connectivity index (χ0n) is 10.1. The Kier molecular flexibility index (Phi) is 4.64. The van der Waals surface area contributed by atoms with Gasteiger partial charge < -0.3 is 10.6 Å². The maximum absolute atomic E-state index is 11.5. The maximum atomic E-state index is 11.5. The average Bonchev–Trinajstić information content (AvgIpc) is 2.23. The first-order valence-corrected chi connectivity index (χ1v) is 6.84. The molecule has 2 N–H and O–H groups in total. The maximum Gasteiger partial charge on any atom is 0.225 e. The number of carbonyl (C=O) groups is 1. The topological polar surface area (TPSA) is 41.1 Å². The van der Waals surface area contributed by atoms with E-state index in [0.717, 1.165) is 32.0 Å². The number of hydrogen-bond donors (Lipinski definition) is 2. The minimum absolute atomic E-state index is 0.245. The Hall–Kier alpha value is -0.570. The lowest BCUT2D eigenvalue weighted by atomic mass is 9.86. The molecule has 0 unspecified atom stereocenters. The van der Waals surface area contributed by atoms with E-state index in [1.54, 1.807) is 0 Å². The van der Waals surface area contributed by atoms with Crippen molar-refractivity contribution in [1.29, 1.82) is 0 Å². The van der Waals surface area contributed by atoms with Crippen LogP contribution in [0.25, 0.3) is 0 Å². The van der Waals surface area contributed by atoms with Gasteiger partial charge >= 0.3 is 0 Å². The normalized spacial score (nSPS) is 22.8. The summed E-state index contributed by atoms with van der Waals surface area (Å²) in [6.07, 6.45) is 9.58. The van der Waals surface area contributed by atoms with Gasteiger partial charge in [0.25, 0.3) is 0 Å². The molecule has 1 saturated carbocycles. The lowest BCUT2D eigenvalue weighted by molar-refractivity contribution is -0.126. The monoisotopic (exact) mass is 224 g/mol. The molecule has 1 saturated heterocycles. The fourth-order valence-corrected chi connectivity index (χ4v) is 2.70. The van der Waals surface area contributed by atoms with Crippen LogP contribution in [0, 0.1) is 11.8 Å². The molecule has 0 bridgehead atoms. The lowest BCUT2D eigenvalue weighted by Gasteiger charge is -2.26. The molecule has 16 heavy (non-hydrogen) atoms. The molecule has 2 aliphatic rings. The van der Waals surface area contributed by atoms with Gasteiger partial charge in [-0.05, 0) is 18.8 Å². The zero-order valence-corrected chi connectivity index (χ0v) is 10.1. The Morgan fingerprint density at radius 3 is 2.56 bits per heavy atom. The van der Waals surface area contributed by atoms with Crippen LogP contribution in [0.2, 0.25) is 0 Å². The Labute approximate surface area is 98.4 Å². The van der Waals surface area contributed by atoms with Crippen LogP contribution in [-0.4, -0.2) is 25.5 Å². The van der Waals surface area contributed by atoms with Crippen molar-refractivity contribution in [2.45, 2.75) is 44.9 Å². The summed E-state index contributed by atoms with van der Waals surface area (Å²) in [5.74, 6) is 1.44. The molecule has 2 rings (SSSR count). The van der Waals surface area contributed by atoms with E-state index in [9.17, 15) is 4.79 Å². The SMILES string of the molecule is O=C(NCCCC1CCCCC1)C1CNC1. The molecule has 2 fully saturated rings. The van der Waals surface area contributed by atoms with Crippen molar-refractivity contribution < 1.29 is 4.79 Å². The third kappa shape index (κ3) is 3.48. The smallest absolute Gasteiger partial charge is 0.225 e.